The first kappa shape index (κ1) is 16.2. The Bertz CT molecular complexity index is 187. The van der Waals surface area contributed by atoms with Crippen LogP contribution in [0, 0.1) is 5.92 Å². The van der Waals surface area contributed by atoms with E-state index in [1.807, 2.05) is 0 Å². The monoisotopic (exact) mass is 248 g/mol. The molecule has 0 saturated carbocycles. The summed E-state index contributed by atoms with van der Waals surface area (Å²) >= 11 is 0. The Morgan fingerprint density at radius 3 is 2.44 bits per heavy atom. The summed E-state index contributed by atoms with van der Waals surface area (Å²) in [4.78, 5) is 2.61. The van der Waals surface area contributed by atoms with Crippen LogP contribution in [0.15, 0.2) is 0 Å². The molecule has 0 bridgehead atoms. The molecule has 1 rings (SSSR count). The lowest BCUT2D eigenvalue weighted by Gasteiger charge is -2.40. The zero-order valence-corrected chi connectivity index (χ0v) is 12.1. The van der Waals surface area contributed by atoms with E-state index in [0.717, 1.165) is 18.5 Å². The molecule has 16 heavy (non-hydrogen) atoms. The fourth-order valence-electron chi connectivity index (χ4n) is 2.60. The van der Waals surface area contributed by atoms with Crippen molar-refractivity contribution in [3.63, 3.8) is 0 Å². The first-order valence-electron chi connectivity index (χ1n) is 6.41. The van der Waals surface area contributed by atoms with Gasteiger partial charge in [-0.1, -0.05) is 20.3 Å². The predicted molar refractivity (Wildman–Crippen MR) is 74.2 cm³/mol. The average Bonchev–Trinajstić information content (AvgIpc) is 2.05. The van der Waals surface area contributed by atoms with Crippen LogP contribution < -0.4 is 5.73 Å². The lowest BCUT2D eigenvalue weighted by atomic mass is 9.92. The largest absolute Gasteiger partial charge is 0.324 e. The van der Waals surface area contributed by atoms with Gasteiger partial charge in [0.2, 0.25) is 0 Å². The van der Waals surface area contributed by atoms with Gasteiger partial charge in [0.05, 0.1) is 0 Å². The van der Waals surface area contributed by atoms with Crippen LogP contribution in [0.25, 0.3) is 0 Å². The molecule has 0 aromatic carbocycles. The minimum absolute atomic E-state index is 0. The summed E-state index contributed by atoms with van der Waals surface area (Å²) in [5.41, 5.74) is 6.07. The molecule has 0 aliphatic carbocycles. The van der Waals surface area contributed by atoms with Crippen LogP contribution in [0.1, 0.15) is 53.4 Å². The van der Waals surface area contributed by atoms with Gasteiger partial charge in [-0.15, -0.1) is 12.4 Å². The number of nitrogens with zero attached hydrogens (tertiary/aromatic N) is 1. The van der Waals surface area contributed by atoms with Gasteiger partial charge in [-0.2, -0.15) is 0 Å². The van der Waals surface area contributed by atoms with Crippen LogP contribution >= 0.6 is 12.4 Å². The zero-order chi connectivity index (χ0) is 11.5. The number of halogens is 1. The van der Waals surface area contributed by atoms with Crippen LogP contribution in [0.4, 0.5) is 0 Å². The maximum atomic E-state index is 6.12. The Morgan fingerprint density at radius 2 is 1.94 bits per heavy atom. The molecule has 1 fully saturated rings. The van der Waals surface area contributed by atoms with Crippen molar-refractivity contribution in [1.29, 1.82) is 0 Å². The van der Waals surface area contributed by atoms with E-state index in [1.54, 1.807) is 0 Å². The summed E-state index contributed by atoms with van der Waals surface area (Å²) in [6.45, 7) is 11.2. The molecule has 0 aromatic rings. The molecule has 1 atom stereocenters. The molecule has 1 unspecified atom stereocenters. The van der Waals surface area contributed by atoms with Crippen molar-refractivity contribution >= 4 is 12.4 Å². The highest BCUT2D eigenvalue weighted by Gasteiger charge is 2.26. The predicted octanol–water partition coefficient (Wildman–Crippen LogP) is 3.05. The van der Waals surface area contributed by atoms with Gasteiger partial charge in [0, 0.05) is 18.1 Å². The number of nitrogens with two attached hydrogens (primary N) is 1. The third kappa shape index (κ3) is 6.07. The molecule has 1 heterocycles. The zero-order valence-electron chi connectivity index (χ0n) is 11.3. The molecule has 1 aliphatic heterocycles. The number of hydrogen-bond acceptors (Lipinski definition) is 2. The molecule has 0 aromatic heterocycles. The second kappa shape index (κ2) is 6.83. The van der Waals surface area contributed by atoms with E-state index >= 15 is 0 Å². The fraction of sp³-hybridized carbons (Fsp3) is 1.00. The number of likely N-dealkylation sites (tertiary alicyclic amines) is 1. The highest BCUT2D eigenvalue weighted by atomic mass is 35.5. The fourth-order valence-corrected chi connectivity index (χ4v) is 2.60. The molecular weight excluding hydrogens is 220 g/mol. The molecule has 98 valence electrons. The van der Waals surface area contributed by atoms with Crippen molar-refractivity contribution in [2.24, 2.45) is 11.7 Å². The molecule has 0 spiro atoms. The third-order valence-electron chi connectivity index (χ3n) is 3.10. The Hall–Kier alpha value is 0.210. The SMILES string of the molecule is CC(C)CC1CCCCN1CC(C)(C)N.Cl. The molecule has 2 N–H and O–H groups in total. The normalized spacial score (nSPS) is 23.2. The lowest BCUT2D eigenvalue weighted by molar-refractivity contribution is 0.107. The lowest BCUT2D eigenvalue weighted by Crippen LogP contribution is -2.51. The minimum atomic E-state index is -0.0490. The average molecular weight is 249 g/mol. The molecule has 1 saturated heterocycles. The summed E-state index contributed by atoms with van der Waals surface area (Å²) in [7, 11) is 0. The van der Waals surface area contributed by atoms with Gasteiger partial charge in [-0.3, -0.25) is 4.90 Å². The highest BCUT2D eigenvalue weighted by Crippen LogP contribution is 2.23. The van der Waals surface area contributed by atoms with E-state index in [2.05, 4.69) is 32.6 Å². The van der Waals surface area contributed by atoms with Crippen molar-refractivity contribution < 1.29 is 0 Å². The minimum Gasteiger partial charge on any atom is -0.324 e. The summed E-state index contributed by atoms with van der Waals surface area (Å²) in [6, 6.07) is 0.779. The maximum Gasteiger partial charge on any atom is 0.0226 e. The van der Waals surface area contributed by atoms with Crippen LogP contribution in [-0.2, 0) is 0 Å². The van der Waals surface area contributed by atoms with Crippen LogP contribution in [0.5, 0.6) is 0 Å². The van der Waals surface area contributed by atoms with Crippen molar-refractivity contribution in [2.45, 2.75) is 65.0 Å². The number of rotatable bonds is 4. The molecule has 0 amide bonds. The van der Waals surface area contributed by atoms with Crippen LogP contribution in [-0.4, -0.2) is 29.6 Å². The van der Waals surface area contributed by atoms with Gasteiger partial charge in [0.25, 0.3) is 0 Å². The van der Waals surface area contributed by atoms with Gasteiger partial charge in [0.15, 0.2) is 0 Å². The van der Waals surface area contributed by atoms with E-state index in [0.29, 0.717) is 0 Å². The van der Waals surface area contributed by atoms with Crippen molar-refractivity contribution in [1.82, 2.24) is 4.90 Å². The summed E-state index contributed by atoms with van der Waals surface area (Å²) < 4.78 is 0. The van der Waals surface area contributed by atoms with E-state index in [4.69, 9.17) is 5.73 Å². The van der Waals surface area contributed by atoms with Gasteiger partial charge in [0.1, 0.15) is 0 Å². The van der Waals surface area contributed by atoms with Crippen LogP contribution in [0.3, 0.4) is 0 Å². The summed E-state index contributed by atoms with van der Waals surface area (Å²) in [5.74, 6) is 0.802. The van der Waals surface area contributed by atoms with E-state index < -0.39 is 0 Å². The Balaban J connectivity index is 0.00000225. The molecule has 3 heteroatoms. The first-order chi connectivity index (χ1) is 6.88. The first-order valence-corrected chi connectivity index (χ1v) is 6.41. The van der Waals surface area contributed by atoms with Crippen molar-refractivity contribution in [3.8, 4) is 0 Å². The molecular formula is C13H29ClN2. The Morgan fingerprint density at radius 1 is 1.31 bits per heavy atom. The second-order valence-electron chi connectivity index (χ2n) is 6.24. The Labute approximate surface area is 107 Å². The smallest absolute Gasteiger partial charge is 0.0226 e. The Kier molecular flexibility index (Phi) is 6.92. The topological polar surface area (TPSA) is 29.3 Å². The van der Waals surface area contributed by atoms with Gasteiger partial charge in [-0.05, 0) is 45.6 Å². The maximum absolute atomic E-state index is 6.12. The number of piperidine rings is 1. The van der Waals surface area contributed by atoms with Gasteiger partial charge in [-0.25, -0.2) is 0 Å². The summed E-state index contributed by atoms with van der Waals surface area (Å²) in [5, 5.41) is 0. The van der Waals surface area contributed by atoms with E-state index in [1.165, 1.54) is 32.2 Å². The van der Waals surface area contributed by atoms with Crippen molar-refractivity contribution in [3.05, 3.63) is 0 Å². The van der Waals surface area contributed by atoms with E-state index in [9.17, 15) is 0 Å². The van der Waals surface area contributed by atoms with Gasteiger partial charge < -0.3 is 5.73 Å². The standard InChI is InChI=1S/C13H28N2.ClH/c1-11(2)9-12-7-5-6-8-15(12)10-13(3,4)14;/h11-12H,5-10,14H2,1-4H3;1H. The molecule has 1 aliphatic rings. The van der Waals surface area contributed by atoms with E-state index in [-0.39, 0.29) is 17.9 Å². The summed E-state index contributed by atoms with van der Waals surface area (Å²) in [6.07, 6.45) is 5.45. The third-order valence-corrected chi connectivity index (χ3v) is 3.10. The van der Waals surface area contributed by atoms with Crippen LogP contribution in [0.2, 0.25) is 0 Å². The molecule has 2 nitrogen and oxygen atoms in total. The molecule has 0 radical (unpaired) electrons. The van der Waals surface area contributed by atoms with Gasteiger partial charge >= 0.3 is 0 Å². The quantitative estimate of drug-likeness (QED) is 0.829. The number of hydrogen-bond donors (Lipinski definition) is 1. The van der Waals surface area contributed by atoms with Crippen molar-refractivity contribution in [2.75, 3.05) is 13.1 Å². The second-order valence-corrected chi connectivity index (χ2v) is 6.24. The highest BCUT2D eigenvalue weighted by molar-refractivity contribution is 5.85.